The molecule has 2 N–H and O–H groups in total. The lowest BCUT2D eigenvalue weighted by atomic mass is 10.0. The van der Waals surface area contributed by atoms with Crippen LogP contribution in [0.3, 0.4) is 0 Å². The summed E-state index contributed by atoms with van der Waals surface area (Å²) >= 11 is 0. The Kier molecular flexibility index (Phi) is 7.22. The van der Waals surface area contributed by atoms with Crippen molar-refractivity contribution in [3.63, 3.8) is 0 Å². The number of aromatic nitrogens is 1. The number of piperazine rings is 1. The van der Waals surface area contributed by atoms with Gasteiger partial charge in [0.1, 0.15) is 5.82 Å². The number of nitrogens with one attached hydrogen (secondary N) is 1. The average Bonchev–Trinajstić information content (AvgIpc) is 2.67. The molecule has 0 saturated carbocycles. The maximum atomic E-state index is 10.8. The van der Waals surface area contributed by atoms with Gasteiger partial charge in [0.25, 0.3) is 0 Å². The van der Waals surface area contributed by atoms with E-state index in [-0.39, 0.29) is 6.54 Å². The zero-order valence-corrected chi connectivity index (χ0v) is 15.5. The Hall–Kier alpha value is -1.70. The molecule has 0 amide bonds. The third-order valence-corrected chi connectivity index (χ3v) is 5.46. The van der Waals surface area contributed by atoms with Gasteiger partial charge in [-0.2, -0.15) is 0 Å². The maximum absolute atomic E-state index is 10.8. The number of carboxylic acids is 1. The minimum Gasteiger partial charge on any atom is -0.480 e. The van der Waals surface area contributed by atoms with Gasteiger partial charge >= 0.3 is 5.97 Å². The summed E-state index contributed by atoms with van der Waals surface area (Å²) in [5.74, 6) is 0.237. The van der Waals surface area contributed by atoms with Crippen molar-refractivity contribution in [1.82, 2.24) is 19.7 Å². The standard InChI is InChI=1S/C19H31N5O2/c25-19(26)16-23-10-5-17(6-11-23)24-14-12-22(13-15-24)9-3-8-21-18-4-1-2-7-20-18/h1-2,4,7,17H,3,5-6,8-16H2,(H,20,21)(H,25,26). The van der Waals surface area contributed by atoms with Gasteiger partial charge in [-0.1, -0.05) is 6.07 Å². The van der Waals surface area contributed by atoms with Crippen LogP contribution in [0.2, 0.25) is 0 Å². The molecule has 3 rings (SSSR count). The number of aliphatic carboxylic acids is 1. The smallest absolute Gasteiger partial charge is 0.317 e. The van der Waals surface area contributed by atoms with Crippen molar-refractivity contribution in [3.8, 4) is 0 Å². The maximum Gasteiger partial charge on any atom is 0.317 e. The van der Waals surface area contributed by atoms with Crippen molar-refractivity contribution in [2.75, 3.05) is 64.2 Å². The normalized spacial score (nSPS) is 20.9. The Bertz CT molecular complexity index is 540. The van der Waals surface area contributed by atoms with Crippen LogP contribution in [0.25, 0.3) is 0 Å². The second-order valence-electron chi connectivity index (χ2n) is 7.27. The van der Waals surface area contributed by atoms with Crippen molar-refractivity contribution < 1.29 is 9.90 Å². The van der Waals surface area contributed by atoms with E-state index in [0.29, 0.717) is 6.04 Å². The molecule has 26 heavy (non-hydrogen) atoms. The molecule has 7 heteroatoms. The fourth-order valence-electron chi connectivity index (χ4n) is 3.97. The third kappa shape index (κ3) is 5.93. The largest absolute Gasteiger partial charge is 0.480 e. The molecule has 2 aliphatic heterocycles. The second-order valence-corrected chi connectivity index (χ2v) is 7.27. The number of piperidine rings is 1. The van der Waals surface area contributed by atoms with Gasteiger partial charge in [0.05, 0.1) is 6.54 Å². The van der Waals surface area contributed by atoms with E-state index >= 15 is 0 Å². The summed E-state index contributed by atoms with van der Waals surface area (Å²) in [4.78, 5) is 22.3. The molecule has 0 bridgehead atoms. The molecule has 2 saturated heterocycles. The Morgan fingerprint density at radius 3 is 2.54 bits per heavy atom. The van der Waals surface area contributed by atoms with E-state index in [0.717, 1.165) is 77.4 Å². The Balaban J connectivity index is 1.28. The summed E-state index contributed by atoms with van der Waals surface area (Å²) in [5.41, 5.74) is 0. The first-order valence-corrected chi connectivity index (χ1v) is 9.76. The van der Waals surface area contributed by atoms with Gasteiger partial charge in [-0.15, -0.1) is 0 Å². The molecule has 144 valence electrons. The van der Waals surface area contributed by atoms with E-state index in [4.69, 9.17) is 5.11 Å². The molecule has 1 aromatic heterocycles. The van der Waals surface area contributed by atoms with E-state index < -0.39 is 5.97 Å². The molecule has 7 nitrogen and oxygen atoms in total. The lowest BCUT2D eigenvalue weighted by Gasteiger charge is -2.42. The van der Waals surface area contributed by atoms with Crippen LogP contribution in [-0.2, 0) is 4.79 Å². The first-order chi connectivity index (χ1) is 12.7. The number of carbonyl (C=O) groups is 1. The van der Waals surface area contributed by atoms with Gasteiger partial charge in [-0.3, -0.25) is 14.6 Å². The van der Waals surface area contributed by atoms with Gasteiger partial charge in [-0.05, 0) is 37.9 Å². The number of nitrogens with zero attached hydrogens (tertiary/aromatic N) is 4. The molecule has 0 spiro atoms. The minimum absolute atomic E-state index is 0.188. The number of anilines is 1. The fraction of sp³-hybridized carbons (Fsp3) is 0.684. The predicted octanol–water partition coefficient (Wildman–Crippen LogP) is 1.05. The van der Waals surface area contributed by atoms with Crippen molar-refractivity contribution in [1.29, 1.82) is 0 Å². The molecule has 0 aromatic carbocycles. The molecule has 0 unspecified atom stereocenters. The number of hydrogen-bond acceptors (Lipinski definition) is 6. The van der Waals surface area contributed by atoms with E-state index in [9.17, 15) is 4.79 Å². The summed E-state index contributed by atoms with van der Waals surface area (Å²) in [5, 5.41) is 12.3. The van der Waals surface area contributed by atoms with Crippen LogP contribution in [0.5, 0.6) is 0 Å². The van der Waals surface area contributed by atoms with Crippen molar-refractivity contribution in [3.05, 3.63) is 24.4 Å². The van der Waals surface area contributed by atoms with E-state index in [1.807, 2.05) is 24.4 Å². The number of carboxylic acid groups (broad SMARTS) is 1. The highest BCUT2D eigenvalue weighted by molar-refractivity contribution is 5.69. The van der Waals surface area contributed by atoms with E-state index in [2.05, 4.69) is 25.0 Å². The molecule has 2 aliphatic rings. The van der Waals surface area contributed by atoms with Crippen LogP contribution < -0.4 is 5.32 Å². The van der Waals surface area contributed by atoms with Crippen LogP contribution in [0.1, 0.15) is 19.3 Å². The van der Waals surface area contributed by atoms with Crippen LogP contribution in [-0.4, -0.2) is 95.7 Å². The van der Waals surface area contributed by atoms with Gasteiger partial charge < -0.3 is 15.3 Å². The van der Waals surface area contributed by atoms with Crippen molar-refractivity contribution in [2.45, 2.75) is 25.3 Å². The molecule has 2 fully saturated rings. The first kappa shape index (κ1) is 19.1. The average molecular weight is 361 g/mol. The molecule has 3 heterocycles. The zero-order chi connectivity index (χ0) is 18.2. The van der Waals surface area contributed by atoms with E-state index in [1.165, 1.54) is 0 Å². The minimum atomic E-state index is -0.713. The van der Waals surface area contributed by atoms with Crippen LogP contribution in [0.4, 0.5) is 5.82 Å². The molecular formula is C19H31N5O2. The monoisotopic (exact) mass is 361 g/mol. The molecule has 0 radical (unpaired) electrons. The number of pyridine rings is 1. The SMILES string of the molecule is O=C(O)CN1CCC(N2CCN(CCCNc3ccccn3)CC2)CC1. The summed E-state index contributed by atoms with van der Waals surface area (Å²) in [6, 6.07) is 6.56. The number of rotatable bonds is 8. The lowest BCUT2D eigenvalue weighted by Crippen LogP contribution is -2.53. The summed E-state index contributed by atoms with van der Waals surface area (Å²) < 4.78 is 0. The Morgan fingerprint density at radius 1 is 1.12 bits per heavy atom. The molecule has 0 aliphatic carbocycles. The van der Waals surface area contributed by atoms with Crippen LogP contribution >= 0.6 is 0 Å². The van der Waals surface area contributed by atoms with Crippen molar-refractivity contribution in [2.24, 2.45) is 0 Å². The predicted molar refractivity (Wildman–Crippen MR) is 102 cm³/mol. The molecular weight excluding hydrogens is 330 g/mol. The Labute approximate surface area is 156 Å². The highest BCUT2D eigenvalue weighted by Crippen LogP contribution is 2.18. The zero-order valence-electron chi connectivity index (χ0n) is 15.5. The highest BCUT2D eigenvalue weighted by Gasteiger charge is 2.27. The summed E-state index contributed by atoms with van der Waals surface area (Å²) in [7, 11) is 0. The van der Waals surface area contributed by atoms with Crippen molar-refractivity contribution >= 4 is 11.8 Å². The Morgan fingerprint density at radius 2 is 1.88 bits per heavy atom. The molecule has 0 atom stereocenters. The number of likely N-dealkylation sites (tertiary alicyclic amines) is 1. The first-order valence-electron chi connectivity index (χ1n) is 9.76. The van der Waals surface area contributed by atoms with Gasteiger partial charge in [0, 0.05) is 58.1 Å². The summed E-state index contributed by atoms with van der Waals surface area (Å²) in [6.07, 6.45) is 5.14. The third-order valence-electron chi connectivity index (χ3n) is 5.46. The van der Waals surface area contributed by atoms with Crippen LogP contribution in [0, 0.1) is 0 Å². The molecule has 1 aromatic rings. The van der Waals surface area contributed by atoms with Crippen LogP contribution in [0.15, 0.2) is 24.4 Å². The fourth-order valence-corrected chi connectivity index (χ4v) is 3.97. The lowest BCUT2D eigenvalue weighted by molar-refractivity contribution is -0.138. The summed E-state index contributed by atoms with van der Waals surface area (Å²) in [6.45, 7) is 8.65. The van der Waals surface area contributed by atoms with Gasteiger partial charge in [0.2, 0.25) is 0 Å². The van der Waals surface area contributed by atoms with E-state index in [1.54, 1.807) is 0 Å². The quantitative estimate of drug-likeness (QED) is 0.671. The number of hydrogen-bond donors (Lipinski definition) is 2. The highest BCUT2D eigenvalue weighted by atomic mass is 16.4. The second kappa shape index (κ2) is 9.85. The topological polar surface area (TPSA) is 71.9 Å². The van der Waals surface area contributed by atoms with Gasteiger partial charge in [0.15, 0.2) is 0 Å². The van der Waals surface area contributed by atoms with Gasteiger partial charge in [-0.25, -0.2) is 4.98 Å².